The molecule has 0 aliphatic carbocycles. The number of carbonyl (C=O) groups is 2. The molecule has 3 rings (SSSR count). The third-order valence-electron chi connectivity index (χ3n) is 3.50. The first-order valence-electron chi connectivity index (χ1n) is 6.82. The van der Waals surface area contributed by atoms with Gasteiger partial charge in [0.25, 0.3) is 5.91 Å². The number of fused-ring (bicyclic) bond motifs is 1. The Balaban J connectivity index is 1.76. The van der Waals surface area contributed by atoms with Crippen LogP contribution in [0.4, 0.5) is 4.79 Å². The van der Waals surface area contributed by atoms with E-state index in [4.69, 9.17) is 11.6 Å². The summed E-state index contributed by atoms with van der Waals surface area (Å²) in [5, 5.41) is 3.32. The molecule has 0 aromatic carbocycles. The summed E-state index contributed by atoms with van der Waals surface area (Å²) in [5.41, 5.74) is 1.38. The summed E-state index contributed by atoms with van der Waals surface area (Å²) < 4.78 is 1.78. The van der Waals surface area contributed by atoms with Crippen molar-refractivity contribution in [3.05, 3.63) is 35.2 Å². The zero-order valence-electron chi connectivity index (χ0n) is 12.0. The third-order valence-corrected chi connectivity index (χ3v) is 4.37. The molecule has 8 heteroatoms. The van der Waals surface area contributed by atoms with Crippen molar-refractivity contribution in [1.82, 2.24) is 19.6 Å². The monoisotopic (exact) mass is 338 g/mol. The number of carbonyl (C=O) groups excluding carboxylic acids is 2. The summed E-state index contributed by atoms with van der Waals surface area (Å²) in [4.78, 5) is 29.9. The first kappa shape index (κ1) is 15.2. The Hall–Kier alpha value is -1.73. The molecule has 1 saturated heterocycles. The third kappa shape index (κ3) is 2.91. The molecule has 0 radical (unpaired) electrons. The molecule has 1 atom stereocenters. The van der Waals surface area contributed by atoms with E-state index in [1.54, 1.807) is 40.7 Å². The first-order valence-corrected chi connectivity index (χ1v) is 8.59. The molecule has 1 aliphatic rings. The van der Waals surface area contributed by atoms with Gasteiger partial charge >= 0.3 is 6.03 Å². The molecular formula is C14H15ClN4O2S. The Labute approximate surface area is 136 Å². The number of halogens is 1. The van der Waals surface area contributed by atoms with Gasteiger partial charge in [0.15, 0.2) is 0 Å². The molecule has 1 fully saturated rings. The van der Waals surface area contributed by atoms with Gasteiger partial charge in [0, 0.05) is 12.4 Å². The van der Waals surface area contributed by atoms with Crippen LogP contribution in [-0.2, 0) is 11.3 Å². The Morgan fingerprint density at radius 1 is 1.36 bits per heavy atom. The van der Waals surface area contributed by atoms with Crippen LogP contribution in [0.1, 0.15) is 12.1 Å². The van der Waals surface area contributed by atoms with Gasteiger partial charge in [-0.15, -0.1) is 0 Å². The highest BCUT2D eigenvalue weighted by molar-refractivity contribution is 7.98. The standard InChI is InChI=1S/C14H15ClN4O2S/c1-22-5-4-11-13(20)19(14(21)17-11)8-10-7-18-6-9(15)2-3-12(18)16-10/h2-3,6-7,11H,4-5,8H2,1H3,(H,17,21)/t11-/m1/s1. The van der Waals surface area contributed by atoms with Crippen LogP contribution in [0.25, 0.3) is 5.65 Å². The lowest BCUT2D eigenvalue weighted by atomic mass is 10.2. The Morgan fingerprint density at radius 3 is 2.95 bits per heavy atom. The van der Waals surface area contributed by atoms with E-state index < -0.39 is 6.04 Å². The summed E-state index contributed by atoms with van der Waals surface area (Å²) in [6, 6.07) is 2.76. The van der Waals surface area contributed by atoms with Crippen LogP contribution >= 0.6 is 23.4 Å². The molecule has 116 valence electrons. The molecule has 3 heterocycles. The molecule has 1 N–H and O–H groups in total. The SMILES string of the molecule is CSCC[C@H]1NC(=O)N(Cc2cn3cc(Cl)ccc3n2)C1=O. The molecule has 0 spiro atoms. The van der Waals surface area contributed by atoms with Gasteiger partial charge in [-0.05, 0) is 30.6 Å². The van der Waals surface area contributed by atoms with E-state index in [1.165, 1.54) is 4.90 Å². The van der Waals surface area contributed by atoms with Gasteiger partial charge in [-0.1, -0.05) is 11.6 Å². The number of pyridine rings is 1. The number of rotatable bonds is 5. The minimum atomic E-state index is -0.425. The van der Waals surface area contributed by atoms with Crippen molar-refractivity contribution >= 4 is 40.9 Å². The highest BCUT2D eigenvalue weighted by Gasteiger charge is 2.37. The average molecular weight is 339 g/mol. The van der Waals surface area contributed by atoms with E-state index in [9.17, 15) is 9.59 Å². The number of nitrogens with zero attached hydrogens (tertiary/aromatic N) is 3. The number of urea groups is 1. The quantitative estimate of drug-likeness (QED) is 0.848. The summed E-state index contributed by atoms with van der Waals surface area (Å²) in [5.74, 6) is 0.645. The van der Waals surface area contributed by atoms with Crippen molar-refractivity contribution in [3.8, 4) is 0 Å². The topological polar surface area (TPSA) is 66.7 Å². The maximum absolute atomic E-state index is 12.3. The zero-order chi connectivity index (χ0) is 15.7. The van der Waals surface area contributed by atoms with Gasteiger partial charge in [-0.25, -0.2) is 9.78 Å². The van der Waals surface area contributed by atoms with E-state index in [-0.39, 0.29) is 18.5 Å². The molecule has 1 aliphatic heterocycles. The fraction of sp³-hybridized carbons (Fsp3) is 0.357. The molecule has 2 aromatic heterocycles. The average Bonchev–Trinajstić information content (AvgIpc) is 3.00. The van der Waals surface area contributed by atoms with Gasteiger partial charge < -0.3 is 9.72 Å². The summed E-state index contributed by atoms with van der Waals surface area (Å²) in [6.45, 7) is 0.166. The molecule has 0 bridgehead atoms. The summed E-state index contributed by atoms with van der Waals surface area (Å²) in [7, 11) is 0. The Kier molecular flexibility index (Phi) is 4.26. The smallest absolute Gasteiger partial charge is 0.325 e. The number of hydrogen-bond donors (Lipinski definition) is 1. The minimum Gasteiger partial charge on any atom is -0.326 e. The lowest BCUT2D eigenvalue weighted by molar-refractivity contribution is -0.127. The number of imidazole rings is 1. The van der Waals surface area contributed by atoms with Gasteiger partial charge in [-0.3, -0.25) is 9.69 Å². The second-order valence-electron chi connectivity index (χ2n) is 5.05. The van der Waals surface area contributed by atoms with E-state index in [1.807, 2.05) is 6.26 Å². The van der Waals surface area contributed by atoms with Crippen LogP contribution in [-0.4, -0.2) is 44.3 Å². The predicted molar refractivity (Wildman–Crippen MR) is 86.1 cm³/mol. The van der Waals surface area contributed by atoms with E-state index >= 15 is 0 Å². The molecule has 3 amide bonds. The lowest BCUT2D eigenvalue weighted by Crippen LogP contribution is -2.31. The van der Waals surface area contributed by atoms with Crippen LogP contribution < -0.4 is 5.32 Å². The number of imide groups is 1. The van der Waals surface area contributed by atoms with E-state index in [2.05, 4.69) is 10.3 Å². The van der Waals surface area contributed by atoms with E-state index in [0.29, 0.717) is 17.1 Å². The molecular weight excluding hydrogens is 324 g/mol. The second kappa shape index (κ2) is 6.18. The summed E-state index contributed by atoms with van der Waals surface area (Å²) in [6.07, 6.45) is 6.13. The molecule has 2 aromatic rings. The Bertz CT molecular complexity index is 733. The fourth-order valence-electron chi connectivity index (χ4n) is 2.41. The van der Waals surface area contributed by atoms with Crippen molar-refractivity contribution in [2.75, 3.05) is 12.0 Å². The van der Waals surface area contributed by atoms with Crippen molar-refractivity contribution < 1.29 is 9.59 Å². The van der Waals surface area contributed by atoms with Crippen LogP contribution in [0.15, 0.2) is 24.5 Å². The normalized spacial score (nSPS) is 18.3. The molecule has 22 heavy (non-hydrogen) atoms. The number of thioether (sulfide) groups is 1. The highest BCUT2D eigenvalue weighted by atomic mass is 35.5. The number of aromatic nitrogens is 2. The minimum absolute atomic E-state index is 0.166. The highest BCUT2D eigenvalue weighted by Crippen LogP contribution is 2.17. The van der Waals surface area contributed by atoms with Gasteiger partial charge in [0.1, 0.15) is 11.7 Å². The van der Waals surface area contributed by atoms with Crippen molar-refractivity contribution in [3.63, 3.8) is 0 Å². The van der Waals surface area contributed by atoms with Crippen molar-refractivity contribution in [2.24, 2.45) is 0 Å². The maximum Gasteiger partial charge on any atom is 0.325 e. The van der Waals surface area contributed by atoms with Gasteiger partial charge in [-0.2, -0.15) is 11.8 Å². The number of hydrogen-bond acceptors (Lipinski definition) is 4. The molecule has 0 saturated carbocycles. The van der Waals surface area contributed by atoms with Crippen LogP contribution in [0, 0.1) is 0 Å². The van der Waals surface area contributed by atoms with Gasteiger partial charge in [0.2, 0.25) is 0 Å². The van der Waals surface area contributed by atoms with Crippen LogP contribution in [0.2, 0.25) is 5.02 Å². The van der Waals surface area contributed by atoms with E-state index in [0.717, 1.165) is 11.4 Å². The molecule has 6 nitrogen and oxygen atoms in total. The predicted octanol–water partition coefficient (Wildman–Crippen LogP) is 2.16. The van der Waals surface area contributed by atoms with Crippen molar-refractivity contribution in [2.45, 2.75) is 19.0 Å². The van der Waals surface area contributed by atoms with Crippen molar-refractivity contribution in [1.29, 1.82) is 0 Å². The largest absolute Gasteiger partial charge is 0.326 e. The number of nitrogens with one attached hydrogen (secondary N) is 1. The van der Waals surface area contributed by atoms with Gasteiger partial charge in [0.05, 0.1) is 17.3 Å². The first-order chi connectivity index (χ1) is 10.6. The summed E-state index contributed by atoms with van der Waals surface area (Å²) >= 11 is 7.58. The number of amides is 3. The Morgan fingerprint density at radius 2 is 2.18 bits per heavy atom. The zero-order valence-corrected chi connectivity index (χ0v) is 13.5. The van der Waals surface area contributed by atoms with Crippen LogP contribution in [0.5, 0.6) is 0 Å². The fourth-order valence-corrected chi connectivity index (χ4v) is 3.05. The second-order valence-corrected chi connectivity index (χ2v) is 6.47. The molecule has 0 unspecified atom stereocenters. The lowest BCUT2D eigenvalue weighted by Gasteiger charge is -2.10. The maximum atomic E-state index is 12.3. The van der Waals surface area contributed by atoms with Crippen LogP contribution in [0.3, 0.4) is 0 Å².